The molecule has 0 aromatic carbocycles. The Morgan fingerprint density at radius 2 is 2.10 bits per heavy atom. The maximum absolute atomic E-state index is 12.0. The summed E-state index contributed by atoms with van der Waals surface area (Å²) >= 11 is 0. The summed E-state index contributed by atoms with van der Waals surface area (Å²) in [5.41, 5.74) is -3.38. The van der Waals surface area contributed by atoms with Gasteiger partial charge in [0.05, 0.1) is 17.6 Å². The number of aromatic nitrogens is 1. The summed E-state index contributed by atoms with van der Waals surface area (Å²) in [6, 6.07) is 0.207. The Morgan fingerprint density at radius 3 is 2.55 bits per heavy atom. The predicted octanol–water partition coefficient (Wildman–Crippen LogP) is 1.36. The van der Waals surface area contributed by atoms with Gasteiger partial charge in [-0.25, -0.2) is 4.79 Å². The highest BCUT2D eigenvalue weighted by Gasteiger charge is 2.34. The van der Waals surface area contributed by atoms with Crippen molar-refractivity contribution < 1.29 is 32.4 Å². The Labute approximate surface area is 108 Å². The summed E-state index contributed by atoms with van der Waals surface area (Å²) in [7, 11) is 0. The quantitative estimate of drug-likeness (QED) is 0.510. The van der Waals surface area contributed by atoms with E-state index in [0.29, 0.717) is 0 Å². The molecule has 0 unspecified atom stereocenters. The zero-order chi connectivity index (χ0) is 15.5. The molecular formula is C9H7F3N2O6. The van der Waals surface area contributed by atoms with E-state index in [-0.39, 0.29) is 12.7 Å². The minimum Gasteiger partial charge on any atom is -0.461 e. The molecule has 0 amide bonds. The normalized spacial score (nSPS) is 11.0. The van der Waals surface area contributed by atoms with Gasteiger partial charge in [0.15, 0.2) is 0 Å². The van der Waals surface area contributed by atoms with Crippen LogP contribution in [0.5, 0.6) is 5.75 Å². The lowest BCUT2D eigenvalue weighted by Gasteiger charge is -2.08. The van der Waals surface area contributed by atoms with Gasteiger partial charge in [-0.05, 0) is 6.92 Å². The molecule has 0 radical (unpaired) electrons. The van der Waals surface area contributed by atoms with Gasteiger partial charge in [-0.3, -0.25) is 14.9 Å². The van der Waals surface area contributed by atoms with E-state index in [1.165, 1.54) is 6.92 Å². The van der Waals surface area contributed by atoms with Crippen LogP contribution in [0.1, 0.15) is 17.4 Å². The highest BCUT2D eigenvalue weighted by molar-refractivity contribution is 5.91. The van der Waals surface area contributed by atoms with Crippen LogP contribution in [0.3, 0.4) is 0 Å². The maximum atomic E-state index is 12.0. The number of hydrogen-bond donors (Lipinski definition) is 1. The number of nitrogens with zero attached hydrogens (tertiary/aromatic N) is 1. The van der Waals surface area contributed by atoms with Crippen molar-refractivity contribution >= 4 is 11.7 Å². The number of esters is 1. The molecule has 1 aromatic heterocycles. The third-order valence-electron chi connectivity index (χ3n) is 1.89. The van der Waals surface area contributed by atoms with Crippen molar-refractivity contribution in [2.45, 2.75) is 13.3 Å². The molecule has 0 aliphatic heterocycles. The number of ether oxygens (including phenoxy) is 2. The first-order chi connectivity index (χ1) is 9.15. The minimum atomic E-state index is -5.20. The summed E-state index contributed by atoms with van der Waals surface area (Å²) in [5.74, 6) is -2.59. The van der Waals surface area contributed by atoms with E-state index < -0.39 is 39.9 Å². The molecule has 1 rings (SSSR count). The van der Waals surface area contributed by atoms with E-state index in [1.54, 1.807) is 4.98 Å². The highest BCUT2D eigenvalue weighted by atomic mass is 19.4. The van der Waals surface area contributed by atoms with Crippen LogP contribution < -0.4 is 10.3 Å². The van der Waals surface area contributed by atoms with Crippen LogP contribution in [-0.4, -0.2) is 28.8 Å². The standard InChI is InChI=1S/C9H7F3N2O6/c1-2-19-8(16)6-4(14(17)18)3-5(7(15)13-6)20-9(10,11)12/h3H,2H2,1H3,(H,13,15). The van der Waals surface area contributed by atoms with Crippen LogP contribution in [0.15, 0.2) is 10.9 Å². The fourth-order valence-electron chi connectivity index (χ4n) is 1.20. The van der Waals surface area contributed by atoms with E-state index in [9.17, 15) is 32.9 Å². The van der Waals surface area contributed by atoms with Crippen LogP contribution in [-0.2, 0) is 4.74 Å². The van der Waals surface area contributed by atoms with Gasteiger partial charge >= 0.3 is 18.0 Å². The number of alkyl halides is 3. The molecule has 0 fully saturated rings. The lowest BCUT2D eigenvalue weighted by molar-refractivity contribution is -0.385. The third kappa shape index (κ3) is 3.70. The lowest BCUT2D eigenvalue weighted by atomic mass is 10.3. The number of nitrogens with one attached hydrogen (secondary N) is 1. The van der Waals surface area contributed by atoms with E-state index >= 15 is 0 Å². The molecule has 0 saturated carbocycles. The number of aromatic amines is 1. The maximum Gasteiger partial charge on any atom is 0.573 e. The lowest BCUT2D eigenvalue weighted by Crippen LogP contribution is -2.25. The smallest absolute Gasteiger partial charge is 0.461 e. The van der Waals surface area contributed by atoms with Crippen molar-refractivity contribution in [3.63, 3.8) is 0 Å². The predicted molar refractivity (Wildman–Crippen MR) is 56.4 cm³/mol. The van der Waals surface area contributed by atoms with Gasteiger partial charge in [-0.1, -0.05) is 0 Å². The second-order valence-corrected chi connectivity index (χ2v) is 3.25. The molecule has 0 spiro atoms. The highest BCUT2D eigenvalue weighted by Crippen LogP contribution is 2.24. The largest absolute Gasteiger partial charge is 0.573 e. The summed E-state index contributed by atoms with van der Waals surface area (Å²) in [5, 5.41) is 10.7. The average Bonchev–Trinajstić information content (AvgIpc) is 2.29. The van der Waals surface area contributed by atoms with E-state index in [1.807, 2.05) is 0 Å². The van der Waals surface area contributed by atoms with Gasteiger partial charge in [-0.2, -0.15) is 0 Å². The molecule has 0 aliphatic rings. The van der Waals surface area contributed by atoms with Crippen LogP contribution in [0.25, 0.3) is 0 Å². The summed E-state index contributed by atoms with van der Waals surface area (Å²) < 4.78 is 43.7. The zero-order valence-electron chi connectivity index (χ0n) is 9.82. The zero-order valence-corrected chi connectivity index (χ0v) is 9.82. The van der Waals surface area contributed by atoms with E-state index in [0.717, 1.165) is 0 Å². The van der Waals surface area contributed by atoms with Crippen molar-refractivity contribution in [1.29, 1.82) is 0 Å². The second-order valence-electron chi connectivity index (χ2n) is 3.25. The fraction of sp³-hybridized carbons (Fsp3) is 0.333. The van der Waals surface area contributed by atoms with Crippen LogP contribution in [0.4, 0.5) is 18.9 Å². The van der Waals surface area contributed by atoms with Gasteiger partial charge in [0.1, 0.15) is 0 Å². The van der Waals surface area contributed by atoms with Gasteiger partial charge in [-0.15, -0.1) is 13.2 Å². The molecule has 1 heterocycles. The molecule has 110 valence electrons. The first kappa shape index (κ1) is 15.5. The van der Waals surface area contributed by atoms with Crippen molar-refractivity contribution in [1.82, 2.24) is 4.98 Å². The van der Waals surface area contributed by atoms with Crippen LogP contribution in [0.2, 0.25) is 0 Å². The number of H-pyrrole nitrogens is 1. The monoisotopic (exact) mass is 296 g/mol. The molecule has 0 saturated heterocycles. The topological polar surface area (TPSA) is 112 Å². The SMILES string of the molecule is CCOC(=O)c1[nH]c(=O)c(OC(F)(F)F)cc1[N+](=O)[O-]. The van der Waals surface area contributed by atoms with Crippen LogP contribution in [0, 0.1) is 10.1 Å². The molecule has 0 atom stereocenters. The number of carbonyl (C=O) groups excluding carboxylic acids is 1. The first-order valence-electron chi connectivity index (χ1n) is 5.00. The minimum absolute atomic E-state index is 0.140. The second kappa shape index (κ2) is 5.59. The molecule has 20 heavy (non-hydrogen) atoms. The number of rotatable bonds is 4. The Kier molecular flexibility index (Phi) is 4.32. The van der Waals surface area contributed by atoms with E-state index in [2.05, 4.69) is 9.47 Å². The molecule has 0 aliphatic carbocycles. The van der Waals surface area contributed by atoms with E-state index in [4.69, 9.17) is 0 Å². The number of carbonyl (C=O) groups is 1. The van der Waals surface area contributed by atoms with Crippen molar-refractivity contribution in [3.05, 3.63) is 32.2 Å². The van der Waals surface area contributed by atoms with Crippen molar-refractivity contribution in [3.8, 4) is 5.75 Å². The molecule has 1 N–H and O–H groups in total. The molecule has 8 nitrogen and oxygen atoms in total. The molecule has 1 aromatic rings. The number of nitro groups is 1. The Bertz CT molecular complexity index is 594. The van der Waals surface area contributed by atoms with Crippen LogP contribution >= 0.6 is 0 Å². The number of hydrogen-bond acceptors (Lipinski definition) is 6. The Hall–Kier alpha value is -2.59. The first-order valence-corrected chi connectivity index (χ1v) is 5.00. The van der Waals surface area contributed by atoms with Crippen molar-refractivity contribution in [2.75, 3.05) is 6.61 Å². The molecule has 0 bridgehead atoms. The van der Waals surface area contributed by atoms with Crippen molar-refractivity contribution in [2.24, 2.45) is 0 Å². The summed E-state index contributed by atoms with van der Waals surface area (Å²) in [6.07, 6.45) is -5.20. The van der Waals surface area contributed by atoms with Gasteiger partial charge in [0, 0.05) is 0 Å². The Morgan fingerprint density at radius 1 is 1.50 bits per heavy atom. The molecular weight excluding hydrogens is 289 g/mol. The number of pyridine rings is 1. The summed E-state index contributed by atoms with van der Waals surface area (Å²) in [6.45, 7) is 1.27. The third-order valence-corrected chi connectivity index (χ3v) is 1.89. The fourth-order valence-corrected chi connectivity index (χ4v) is 1.20. The molecule has 11 heteroatoms. The average molecular weight is 296 g/mol. The van der Waals surface area contributed by atoms with Gasteiger partial charge in [0.25, 0.3) is 5.56 Å². The van der Waals surface area contributed by atoms with Gasteiger partial charge < -0.3 is 14.5 Å². The summed E-state index contributed by atoms with van der Waals surface area (Å²) in [4.78, 5) is 33.8. The Balaban J connectivity index is 3.36. The number of halogens is 3. The van der Waals surface area contributed by atoms with Gasteiger partial charge in [0.2, 0.25) is 11.4 Å².